The molecule has 1 heterocycles. The lowest BCUT2D eigenvalue weighted by Gasteiger charge is -2.15. The lowest BCUT2D eigenvalue weighted by atomic mass is 10.1. The Kier molecular flexibility index (Phi) is 9.00. The molecule has 0 aromatic heterocycles. The topological polar surface area (TPSA) is 45.7 Å². The van der Waals surface area contributed by atoms with Gasteiger partial charge >= 0.3 is 0 Å². The molecule has 0 radical (unpaired) electrons. The van der Waals surface area contributed by atoms with E-state index in [0.717, 1.165) is 35.6 Å². The fourth-order valence-electron chi connectivity index (χ4n) is 2.40. The highest BCUT2D eigenvalue weighted by atomic mass is 127. The molecule has 1 aliphatic heterocycles. The van der Waals surface area contributed by atoms with Crippen LogP contribution in [0, 0.1) is 6.92 Å². The molecule has 1 aliphatic rings. The van der Waals surface area contributed by atoms with Gasteiger partial charge in [0.2, 0.25) is 0 Å². The zero-order chi connectivity index (χ0) is 15.1. The van der Waals surface area contributed by atoms with Gasteiger partial charge in [0.15, 0.2) is 5.96 Å². The first-order valence-electron chi connectivity index (χ1n) is 7.42. The first-order chi connectivity index (χ1) is 10.2. The fraction of sp³-hybridized carbons (Fsp3) is 0.562. The Labute approximate surface area is 154 Å². The molecule has 0 aliphatic carbocycles. The molecular formula is C16H26IN3OS. The van der Waals surface area contributed by atoms with Gasteiger partial charge in [-0.1, -0.05) is 12.1 Å². The highest BCUT2D eigenvalue weighted by Crippen LogP contribution is 2.25. The summed E-state index contributed by atoms with van der Waals surface area (Å²) in [4.78, 5) is 4.28. The van der Waals surface area contributed by atoms with Crippen molar-refractivity contribution in [1.29, 1.82) is 0 Å². The van der Waals surface area contributed by atoms with E-state index in [4.69, 9.17) is 4.74 Å². The summed E-state index contributed by atoms with van der Waals surface area (Å²) in [5.41, 5.74) is 2.35. The van der Waals surface area contributed by atoms with Crippen molar-refractivity contribution in [3.8, 4) is 5.75 Å². The summed E-state index contributed by atoms with van der Waals surface area (Å²) < 4.78 is 5.36. The van der Waals surface area contributed by atoms with Crippen molar-refractivity contribution in [3.05, 3.63) is 29.3 Å². The molecule has 1 atom stereocenters. The van der Waals surface area contributed by atoms with Gasteiger partial charge in [-0.05, 0) is 42.7 Å². The van der Waals surface area contributed by atoms with Gasteiger partial charge in [0.1, 0.15) is 5.75 Å². The number of thioether (sulfide) groups is 1. The Morgan fingerprint density at radius 1 is 1.41 bits per heavy atom. The molecule has 0 spiro atoms. The third kappa shape index (κ3) is 5.87. The van der Waals surface area contributed by atoms with Crippen LogP contribution in [-0.2, 0) is 6.54 Å². The largest absolute Gasteiger partial charge is 0.496 e. The van der Waals surface area contributed by atoms with Crippen molar-refractivity contribution in [2.75, 3.05) is 26.5 Å². The molecule has 0 bridgehead atoms. The second-order valence-electron chi connectivity index (χ2n) is 5.25. The van der Waals surface area contributed by atoms with Gasteiger partial charge in [-0.15, -0.1) is 24.0 Å². The number of ether oxygens (including phenoxy) is 1. The predicted molar refractivity (Wildman–Crippen MR) is 107 cm³/mol. The maximum Gasteiger partial charge on any atom is 0.191 e. The Hall–Kier alpha value is -0.630. The predicted octanol–water partition coefficient (Wildman–Crippen LogP) is 3.18. The minimum atomic E-state index is 0. The molecule has 1 saturated heterocycles. The van der Waals surface area contributed by atoms with Gasteiger partial charge in [0.05, 0.1) is 7.11 Å². The number of methoxy groups -OCH3 is 1. The standard InChI is InChI=1S/C16H25N3OS.HI/c1-12-6-7-13(9-15(12)20-3)10-18-16(17-2)19-11-14-5-4-8-21-14;/h6-7,9,14H,4-5,8,10-11H2,1-3H3,(H2,17,18,19);1H. The third-order valence-electron chi connectivity index (χ3n) is 3.68. The highest BCUT2D eigenvalue weighted by Gasteiger charge is 2.15. The van der Waals surface area contributed by atoms with E-state index in [1.54, 1.807) is 7.11 Å². The van der Waals surface area contributed by atoms with Crippen LogP contribution in [0.1, 0.15) is 24.0 Å². The van der Waals surface area contributed by atoms with Gasteiger partial charge in [-0.2, -0.15) is 11.8 Å². The van der Waals surface area contributed by atoms with Crippen LogP contribution in [0.5, 0.6) is 5.75 Å². The maximum absolute atomic E-state index is 5.36. The number of rotatable bonds is 5. The second kappa shape index (κ2) is 10.2. The van der Waals surface area contributed by atoms with E-state index in [1.807, 2.05) is 7.05 Å². The quantitative estimate of drug-likeness (QED) is 0.424. The Morgan fingerprint density at radius 3 is 2.86 bits per heavy atom. The second-order valence-corrected chi connectivity index (χ2v) is 6.65. The monoisotopic (exact) mass is 435 g/mol. The maximum atomic E-state index is 5.36. The van der Waals surface area contributed by atoms with E-state index in [1.165, 1.54) is 24.2 Å². The average molecular weight is 435 g/mol. The van der Waals surface area contributed by atoms with Crippen molar-refractivity contribution < 1.29 is 4.74 Å². The van der Waals surface area contributed by atoms with E-state index < -0.39 is 0 Å². The zero-order valence-corrected chi connectivity index (χ0v) is 16.7. The SMILES string of the molecule is CN=C(NCc1ccc(C)c(OC)c1)NCC1CCCS1.I. The molecule has 124 valence electrons. The molecule has 0 saturated carbocycles. The molecule has 1 fully saturated rings. The molecule has 4 nitrogen and oxygen atoms in total. The van der Waals surface area contributed by atoms with Crippen molar-refractivity contribution >= 4 is 41.7 Å². The normalized spacial score (nSPS) is 17.8. The molecule has 6 heteroatoms. The van der Waals surface area contributed by atoms with Gasteiger partial charge in [-0.3, -0.25) is 4.99 Å². The first-order valence-corrected chi connectivity index (χ1v) is 8.47. The number of aryl methyl sites for hydroxylation is 1. The molecule has 1 aromatic rings. The summed E-state index contributed by atoms with van der Waals surface area (Å²) in [6.45, 7) is 3.78. The molecule has 22 heavy (non-hydrogen) atoms. The minimum Gasteiger partial charge on any atom is -0.496 e. The lowest BCUT2D eigenvalue weighted by molar-refractivity contribution is 0.411. The van der Waals surface area contributed by atoms with Crippen molar-refractivity contribution in [2.24, 2.45) is 4.99 Å². The van der Waals surface area contributed by atoms with Gasteiger partial charge < -0.3 is 15.4 Å². The summed E-state index contributed by atoms with van der Waals surface area (Å²) >= 11 is 2.05. The van der Waals surface area contributed by atoms with E-state index in [0.29, 0.717) is 0 Å². The van der Waals surface area contributed by atoms with Crippen LogP contribution in [0.15, 0.2) is 23.2 Å². The summed E-state index contributed by atoms with van der Waals surface area (Å²) in [6.07, 6.45) is 2.65. The summed E-state index contributed by atoms with van der Waals surface area (Å²) in [5, 5.41) is 7.49. The number of aliphatic imine (C=N–C) groups is 1. The van der Waals surface area contributed by atoms with E-state index in [9.17, 15) is 0 Å². The number of nitrogens with one attached hydrogen (secondary N) is 2. The molecule has 2 N–H and O–H groups in total. The molecule has 1 unspecified atom stereocenters. The van der Waals surface area contributed by atoms with E-state index in [-0.39, 0.29) is 24.0 Å². The van der Waals surface area contributed by atoms with Gasteiger partial charge in [-0.25, -0.2) is 0 Å². The summed E-state index contributed by atoms with van der Waals surface area (Å²) in [6, 6.07) is 6.27. The Morgan fingerprint density at radius 2 is 2.23 bits per heavy atom. The average Bonchev–Trinajstić information content (AvgIpc) is 3.02. The first kappa shape index (κ1) is 19.4. The zero-order valence-electron chi connectivity index (χ0n) is 13.5. The third-order valence-corrected chi connectivity index (χ3v) is 5.08. The molecular weight excluding hydrogens is 409 g/mol. The van der Waals surface area contributed by atoms with Crippen LogP contribution in [-0.4, -0.2) is 37.7 Å². The van der Waals surface area contributed by atoms with Crippen LogP contribution in [0.3, 0.4) is 0 Å². The van der Waals surface area contributed by atoms with E-state index in [2.05, 4.69) is 52.5 Å². The fourth-order valence-corrected chi connectivity index (χ4v) is 3.60. The number of nitrogens with zero attached hydrogens (tertiary/aromatic N) is 1. The number of benzene rings is 1. The number of halogens is 1. The smallest absolute Gasteiger partial charge is 0.191 e. The molecule has 2 rings (SSSR count). The Bertz CT molecular complexity index is 490. The number of hydrogen-bond donors (Lipinski definition) is 2. The van der Waals surface area contributed by atoms with Crippen molar-refractivity contribution in [3.63, 3.8) is 0 Å². The van der Waals surface area contributed by atoms with Crippen LogP contribution in [0.25, 0.3) is 0 Å². The number of guanidine groups is 1. The Balaban J connectivity index is 0.00000242. The lowest BCUT2D eigenvalue weighted by Crippen LogP contribution is -2.39. The summed E-state index contributed by atoms with van der Waals surface area (Å²) in [7, 11) is 3.52. The molecule has 0 amide bonds. The van der Waals surface area contributed by atoms with Crippen molar-refractivity contribution in [2.45, 2.75) is 31.6 Å². The minimum absolute atomic E-state index is 0. The van der Waals surface area contributed by atoms with Gasteiger partial charge in [0.25, 0.3) is 0 Å². The van der Waals surface area contributed by atoms with Crippen LogP contribution in [0.4, 0.5) is 0 Å². The molecule has 1 aromatic carbocycles. The summed E-state index contributed by atoms with van der Waals surface area (Å²) in [5.74, 6) is 3.09. The van der Waals surface area contributed by atoms with Crippen LogP contribution >= 0.6 is 35.7 Å². The van der Waals surface area contributed by atoms with Gasteiger partial charge in [0, 0.05) is 25.4 Å². The highest BCUT2D eigenvalue weighted by molar-refractivity contribution is 14.0. The van der Waals surface area contributed by atoms with Crippen molar-refractivity contribution in [1.82, 2.24) is 10.6 Å². The van der Waals surface area contributed by atoms with Crippen LogP contribution < -0.4 is 15.4 Å². The van der Waals surface area contributed by atoms with E-state index >= 15 is 0 Å². The number of hydrogen-bond acceptors (Lipinski definition) is 3. The van der Waals surface area contributed by atoms with Crippen LogP contribution in [0.2, 0.25) is 0 Å².